The van der Waals surface area contributed by atoms with Gasteiger partial charge in [-0.05, 0) is 42.7 Å². The molecule has 0 radical (unpaired) electrons. The van der Waals surface area contributed by atoms with Gasteiger partial charge in [-0.25, -0.2) is 4.68 Å². The number of carbonyl (C=O) groups excluding carboxylic acids is 1. The highest BCUT2D eigenvalue weighted by molar-refractivity contribution is 7.80. The standard InChI is InChI=1S/C19H18Cl3N5O2S2/c1-11-14(16(29)27(26(11)2)12-7-4-3-5-8-12)23-18(30)25-17(19(20,21)22)24-15(28)13-9-6-10-31-13/h3-10,17H,1-2H3,(H,24,28)(H2,23,25,30). The third kappa shape index (κ3) is 5.42. The number of hydrogen-bond acceptors (Lipinski definition) is 4. The number of rotatable bonds is 5. The molecule has 0 aliphatic carbocycles. The van der Waals surface area contributed by atoms with Crippen LogP contribution in [0.4, 0.5) is 5.69 Å². The summed E-state index contributed by atoms with van der Waals surface area (Å²) in [4.78, 5) is 25.8. The number of para-hydroxylation sites is 1. The van der Waals surface area contributed by atoms with E-state index in [0.29, 0.717) is 16.3 Å². The van der Waals surface area contributed by atoms with Crippen LogP contribution >= 0.6 is 58.4 Å². The molecule has 3 aromatic rings. The lowest BCUT2D eigenvalue weighted by Gasteiger charge is -2.27. The van der Waals surface area contributed by atoms with Crippen LogP contribution in [0.25, 0.3) is 5.69 Å². The van der Waals surface area contributed by atoms with Crippen LogP contribution < -0.4 is 21.5 Å². The van der Waals surface area contributed by atoms with Crippen LogP contribution in [0.3, 0.4) is 0 Å². The van der Waals surface area contributed by atoms with Gasteiger partial charge in [-0.15, -0.1) is 11.3 Å². The molecule has 3 rings (SSSR count). The van der Waals surface area contributed by atoms with E-state index in [-0.39, 0.29) is 16.4 Å². The van der Waals surface area contributed by atoms with Gasteiger partial charge in [0.2, 0.25) is 3.79 Å². The van der Waals surface area contributed by atoms with Crippen molar-refractivity contribution in [3.63, 3.8) is 0 Å². The molecule has 2 aromatic heterocycles. The first-order valence-electron chi connectivity index (χ1n) is 8.92. The van der Waals surface area contributed by atoms with Crippen LogP contribution in [-0.4, -0.2) is 30.3 Å². The predicted octanol–water partition coefficient (Wildman–Crippen LogP) is 3.96. The van der Waals surface area contributed by atoms with Crippen LogP contribution in [-0.2, 0) is 7.05 Å². The molecular weight excluding hydrogens is 501 g/mol. The molecule has 2 heterocycles. The topological polar surface area (TPSA) is 80.1 Å². The molecule has 3 N–H and O–H groups in total. The van der Waals surface area contributed by atoms with E-state index in [1.807, 2.05) is 30.3 Å². The van der Waals surface area contributed by atoms with Gasteiger partial charge < -0.3 is 16.0 Å². The van der Waals surface area contributed by atoms with Crippen LogP contribution in [0.15, 0.2) is 52.6 Å². The van der Waals surface area contributed by atoms with Crippen molar-refractivity contribution in [3.8, 4) is 5.69 Å². The number of thiocarbonyl (C=S) groups is 1. The number of anilines is 1. The van der Waals surface area contributed by atoms with Crippen molar-refractivity contribution in [1.29, 1.82) is 0 Å². The van der Waals surface area contributed by atoms with Gasteiger partial charge in [0.25, 0.3) is 11.5 Å². The lowest BCUT2D eigenvalue weighted by atomic mass is 10.3. The van der Waals surface area contributed by atoms with E-state index >= 15 is 0 Å². The molecule has 0 saturated heterocycles. The number of halogens is 3. The Morgan fingerprint density at radius 1 is 1.13 bits per heavy atom. The van der Waals surface area contributed by atoms with Gasteiger partial charge in [-0.2, -0.15) is 0 Å². The summed E-state index contributed by atoms with van der Waals surface area (Å²) in [6.07, 6.45) is -1.15. The van der Waals surface area contributed by atoms with Crippen LogP contribution in [0, 0.1) is 6.92 Å². The number of hydrogen-bond donors (Lipinski definition) is 3. The quantitative estimate of drug-likeness (QED) is 0.271. The van der Waals surface area contributed by atoms with E-state index in [4.69, 9.17) is 47.0 Å². The molecule has 12 heteroatoms. The fraction of sp³-hybridized carbons (Fsp3) is 0.211. The van der Waals surface area contributed by atoms with Crippen LogP contribution in [0.1, 0.15) is 15.4 Å². The van der Waals surface area contributed by atoms with Crippen molar-refractivity contribution < 1.29 is 4.79 Å². The van der Waals surface area contributed by atoms with Gasteiger partial charge in [0.15, 0.2) is 5.11 Å². The summed E-state index contributed by atoms with van der Waals surface area (Å²) in [5, 5.41) is 9.99. The Morgan fingerprint density at radius 3 is 2.39 bits per heavy atom. The Hall–Kier alpha value is -2.04. The number of nitrogens with one attached hydrogen (secondary N) is 3. The predicted molar refractivity (Wildman–Crippen MR) is 131 cm³/mol. The summed E-state index contributed by atoms with van der Waals surface area (Å²) < 4.78 is 1.30. The van der Waals surface area contributed by atoms with Crippen LogP contribution in [0.2, 0.25) is 0 Å². The van der Waals surface area contributed by atoms with Gasteiger partial charge in [-0.3, -0.25) is 14.3 Å². The second kappa shape index (κ2) is 9.62. The number of amides is 1. The molecule has 1 amide bonds. The Labute approximate surface area is 202 Å². The van der Waals surface area contributed by atoms with Crippen LogP contribution in [0.5, 0.6) is 0 Å². The van der Waals surface area contributed by atoms with Crippen molar-refractivity contribution in [1.82, 2.24) is 20.0 Å². The minimum absolute atomic E-state index is 0.00816. The number of aromatic nitrogens is 2. The molecular formula is C19H18Cl3N5O2S2. The molecule has 0 aliphatic heterocycles. The second-order valence-corrected chi connectivity index (χ2v) is 10.2. The van der Waals surface area contributed by atoms with Gasteiger partial charge in [0.05, 0.1) is 16.3 Å². The zero-order chi connectivity index (χ0) is 22.8. The molecule has 0 bridgehead atoms. The summed E-state index contributed by atoms with van der Waals surface area (Å²) in [5.74, 6) is -0.427. The molecule has 164 valence electrons. The smallest absolute Gasteiger partial charge is 0.295 e. The molecule has 31 heavy (non-hydrogen) atoms. The van der Waals surface area contributed by atoms with Crippen molar-refractivity contribution in [2.24, 2.45) is 7.05 Å². The average molecular weight is 519 g/mol. The minimum atomic E-state index is -1.91. The minimum Gasteiger partial charge on any atom is -0.339 e. The molecule has 0 aliphatic rings. The Morgan fingerprint density at radius 2 is 1.81 bits per heavy atom. The lowest BCUT2D eigenvalue weighted by Crippen LogP contribution is -2.56. The van der Waals surface area contributed by atoms with Crippen molar-refractivity contribution >= 4 is 75.1 Å². The maximum Gasteiger partial charge on any atom is 0.295 e. The summed E-state index contributed by atoms with van der Waals surface area (Å²) in [6.45, 7) is 1.77. The highest BCUT2D eigenvalue weighted by Crippen LogP contribution is 2.29. The maximum absolute atomic E-state index is 13.0. The molecule has 1 aromatic carbocycles. The van der Waals surface area contributed by atoms with Gasteiger partial charge >= 0.3 is 0 Å². The SMILES string of the molecule is Cc1c(NC(=S)NC(NC(=O)c2cccs2)C(Cl)(Cl)Cl)c(=O)n(-c2ccccc2)n1C. The van der Waals surface area contributed by atoms with Crippen molar-refractivity contribution in [2.75, 3.05) is 5.32 Å². The maximum atomic E-state index is 13.0. The monoisotopic (exact) mass is 517 g/mol. The fourth-order valence-corrected chi connectivity index (χ4v) is 3.98. The number of carbonyl (C=O) groups is 1. The molecule has 0 fully saturated rings. The van der Waals surface area contributed by atoms with Crippen molar-refractivity contribution in [3.05, 3.63) is 68.8 Å². The zero-order valence-electron chi connectivity index (χ0n) is 16.4. The summed E-state index contributed by atoms with van der Waals surface area (Å²) >= 11 is 24.6. The molecule has 7 nitrogen and oxygen atoms in total. The summed E-state index contributed by atoms with van der Waals surface area (Å²) in [7, 11) is 1.76. The Bertz CT molecular complexity index is 1140. The third-order valence-electron chi connectivity index (χ3n) is 4.42. The number of thiophene rings is 1. The van der Waals surface area contributed by atoms with Gasteiger partial charge in [-0.1, -0.05) is 59.1 Å². The van der Waals surface area contributed by atoms with E-state index in [2.05, 4.69) is 16.0 Å². The molecule has 0 saturated carbocycles. The second-order valence-electron chi connectivity index (χ2n) is 6.46. The number of alkyl halides is 3. The molecule has 0 spiro atoms. The zero-order valence-corrected chi connectivity index (χ0v) is 20.3. The van der Waals surface area contributed by atoms with Gasteiger partial charge in [0.1, 0.15) is 11.9 Å². The number of benzene rings is 1. The Balaban J connectivity index is 1.80. The molecule has 1 atom stereocenters. The highest BCUT2D eigenvalue weighted by Gasteiger charge is 2.35. The van der Waals surface area contributed by atoms with Gasteiger partial charge in [0, 0.05) is 7.05 Å². The average Bonchev–Trinajstić information content (AvgIpc) is 3.32. The summed E-state index contributed by atoms with van der Waals surface area (Å²) in [6, 6.07) is 12.6. The van der Waals surface area contributed by atoms with E-state index < -0.39 is 15.9 Å². The highest BCUT2D eigenvalue weighted by atomic mass is 35.6. The van der Waals surface area contributed by atoms with E-state index in [9.17, 15) is 9.59 Å². The molecule has 1 unspecified atom stereocenters. The Kier molecular flexibility index (Phi) is 7.33. The summed E-state index contributed by atoms with van der Waals surface area (Å²) in [5.41, 5.74) is 1.30. The first kappa shape index (κ1) is 23.6. The fourth-order valence-electron chi connectivity index (χ4n) is 2.80. The number of nitrogens with zero attached hydrogens (tertiary/aromatic N) is 2. The van der Waals surface area contributed by atoms with E-state index in [0.717, 1.165) is 0 Å². The van der Waals surface area contributed by atoms with E-state index in [1.165, 1.54) is 16.0 Å². The largest absolute Gasteiger partial charge is 0.339 e. The first-order valence-corrected chi connectivity index (χ1v) is 11.3. The normalized spacial score (nSPS) is 12.3. The van der Waals surface area contributed by atoms with E-state index in [1.54, 1.807) is 36.2 Å². The van der Waals surface area contributed by atoms with Crippen molar-refractivity contribution in [2.45, 2.75) is 16.9 Å². The lowest BCUT2D eigenvalue weighted by molar-refractivity contribution is 0.0938. The first-order chi connectivity index (χ1) is 14.6. The third-order valence-corrected chi connectivity index (χ3v) is 6.16.